The number of nitrogens with one attached hydrogen (secondary N) is 1. The molecule has 11 rings (SSSR count). The van der Waals surface area contributed by atoms with Gasteiger partial charge >= 0.3 is 226 Å². The number of hydrogen-bond acceptors (Lipinski definition) is 2. The molecule has 2 nitrogen and oxygen atoms in total. The summed E-state index contributed by atoms with van der Waals surface area (Å²) in [4.78, 5) is 2.48. The van der Waals surface area contributed by atoms with Crippen LogP contribution >= 0.6 is 6.39 Å². The van der Waals surface area contributed by atoms with Gasteiger partial charge in [-0.05, 0) is 0 Å². The molecule has 1 N–H and O–H groups in total. The van der Waals surface area contributed by atoms with Gasteiger partial charge in [0.1, 0.15) is 0 Å². The van der Waals surface area contributed by atoms with Gasteiger partial charge in [0.15, 0.2) is 0 Å². The third-order valence-electron chi connectivity index (χ3n) is 10.3. The fourth-order valence-corrected chi connectivity index (χ4v) is 16.9. The zero-order chi connectivity index (χ0) is 24.7. The number of benzene rings is 5. The number of para-hydroxylation sites is 3. The van der Waals surface area contributed by atoms with Gasteiger partial charge in [-0.3, -0.25) is 0 Å². The fraction of sp³-hybridized carbons (Fsp3) is 0. The summed E-state index contributed by atoms with van der Waals surface area (Å²) >= 11 is 0. The van der Waals surface area contributed by atoms with Gasteiger partial charge in [-0.25, -0.2) is 0 Å². The fourth-order valence-electron chi connectivity index (χ4n) is 8.65. The van der Waals surface area contributed by atoms with Gasteiger partial charge in [-0.1, -0.05) is 0 Å². The van der Waals surface area contributed by atoms with Crippen LogP contribution in [0.1, 0.15) is 0 Å². The van der Waals surface area contributed by atoms with Crippen LogP contribution in [0.25, 0.3) is 11.1 Å². The Balaban J connectivity index is 1.24. The molecule has 0 amide bonds. The molecule has 0 aromatic heterocycles. The van der Waals surface area contributed by atoms with E-state index >= 15 is 0 Å². The quantitative estimate of drug-likeness (QED) is 0.294. The molecular formula is C30H21B5N2P-. The minimum atomic E-state index is -2.17. The van der Waals surface area contributed by atoms with Gasteiger partial charge in [-0.2, -0.15) is 0 Å². The zero-order valence-electron chi connectivity index (χ0n) is 20.8. The Morgan fingerprint density at radius 2 is 1.29 bits per heavy atom. The molecule has 0 saturated carbocycles. The normalized spacial score (nSPS) is 19.8. The van der Waals surface area contributed by atoms with Crippen LogP contribution in [0.2, 0.25) is 0 Å². The first-order valence-electron chi connectivity index (χ1n) is 13.7. The van der Waals surface area contributed by atoms with E-state index in [-0.39, 0.29) is 6.71 Å². The first kappa shape index (κ1) is 20.4. The van der Waals surface area contributed by atoms with Crippen molar-refractivity contribution in [1.29, 1.82) is 0 Å². The second-order valence-corrected chi connectivity index (χ2v) is 16.8. The predicted octanol–water partition coefficient (Wildman–Crippen LogP) is 4.04. The molecule has 172 valence electrons. The first-order chi connectivity index (χ1) is 18.8. The Morgan fingerprint density at radius 1 is 0.632 bits per heavy atom. The second-order valence-electron chi connectivity index (χ2n) is 11.6. The Hall–Kier alpha value is -3.55. The van der Waals surface area contributed by atoms with Crippen molar-refractivity contribution in [2.24, 2.45) is 0 Å². The van der Waals surface area contributed by atoms with E-state index in [4.69, 9.17) is 0 Å². The van der Waals surface area contributed by atoms with Crippen LogP contribution in [0.3, 0.4) is 0 Å². The molecule has 5 aromatic rings. The molecule has 6 aliphatic rings. The zero-order valence-corrected chi connectivity index (χ0v) is 21.7. The molecule has 6 aliphatic heterocycles. The van der Waals surface area contributed by atoms with Crippen molar-refractivity contribution in [3.63, 3.8) is 0 Å². The molecule has 0 spiro atoms. The van der Waals surface area contributed by atoms with Gasteiger partial charge in [0, 0.05) is 0 Å². The Labute approximate surface area is 225 Å². The average molecular weight is 495 g/mol. The predicted molar refractivity (Wildman–Crippen MR) is 171 cm³/mol. The molecule has 0 atom stereocenters. The summed E-state index contributed by atoms with van der Waals surface area (Å²) in [5.74, 6) is 0. The van der Waals surface area contributed by atoms with Gasteiger partial charge in [0.05, 0.1) is 0 Å². The number of fused-ring (bicyclic) bond motifs is 5. The third-order valence-corrected chi connectivity index (χ3v) is 17.3. The monoisotopic (exact) mass is 495 g/mol. The van der Waals surface area contributed by atoms with E-state index in [1.165, 1.54) is 50.3 Å². The van der Waals surface area contributed by atoms with Crippen molar-refractivity contribution in [1.82, 2.24) is 0 Å². The van der Waals surface area contributed by atoms with Crippen molar-refractivity contribution in [3.05, 3.63) is 121 Å². The number of nitrogens with zero attached hydrogens (tertiary/aromatic N) is 1. The van der Waals surface area contributed by atoms with E-state index in [1.54, 1.807) is 5.30 Å². The van der Waals surface area contributed by atoms with E-state index in [9.17, 15) is 0 Å². The van der Waals surface area contributed by atoms with E-state index < -0.39 is 6.39 Å². The third kappa shape index (κ3) is 2.04. The molecule has 0 unspecified atom stereocenters. The number of rotatable bonds is 4. The number of hydrogen-bond donors (Lipinski definition) is 1. The molecule has 5 aromatic carbocycles. The Bertz CT molecular complexity index is 1830. The molecule has 2 radical (unpaired) electrons. The molecule has 2 bridgehead atoms. The van der Waals surface area contributed by atoms with E-state index in [0.29, 0.717) is 0 Å². The topological polar surface area (TPSA) is 15.3 Å². The molecule has 6 heterocycles. The van der Waals surface area contributed by atoms with E-state index in [1.807, 2.05) is 0 Å². The second kappa shape index (κ2) is 6.53. The van der Waals surface area contributed by atoms with Crippen LogP contribution < -0.4 is 31.7 Å². The summed E-state index contributed by atoms with van der Waals surface area (Å²) in [5, 5.41) is 5.91. The van der Waals surface area contributed by atoms with E-state index in [0.717, 1.165) is 18.6 Å². The summed E-state index contributed by atoms with van der Waals surface area (Å²) in [6.45, 7) is 0.279. The average Bonchev–Trinajstić information content (AvgIpc) is 3.54. The van der Waals surface area contributed by atoms with Crippen LogP contribution in [0.15, 0.2) is 121 Å². The minimum absolute atomic E-state index is 0.279. The van der Waals surface area contributed by atoms with Crippen LogP contribution in [-0.4, -0.2) is 32.4 Å². The summed E-state index contributed by atoms with van der Waals surface area (Å²) in [5.41, 5.74) is 12.5. The molecular weight excluding hydrogens is 473 g/mol. The maximum atomic E-state index is 4.26. The summed E-state index contributed by atoms with van der Waals surface area (Å²) in [6, 6.07) is 45.1. The van der Waals surface area contributed by atoms with Gasteiger partial charge < -0.3 is 0 Å². The van der Waals surface area contributed by atoms with Gasteiger partial charge in [0.25, 0.3) is 0 Å². The van der Waals surface area contributed by atoms with Crippen LogP contribution in [-0.2, 0) is 0 Å². The first-order valence-corrected chi connectivity index (χ1v) is 16.2. The van der Waals surface area contributed by atoms with Crippen LogP contribution in [0.5, 0.6) is 0 Å². The van der Waals surface area contributed by atoms with Crippen molar-refractivity contribution < 1.29 is 0 Å². The van der Waals surface area contributed by atoms with Crippen LogP contribution in [0, 0.1) is 0 Å². The van der Waals surface area contributed by atoms with Crippen molar-refractivity contribution in [3.8, 4) is 11.1 Å². The molecule has 38 heavy (non-hydrogen) atoms. The van der Waals surface area contributed by atoms with Crippen molar-refractivity contribution in [2.45, 2.75) is 0 Å². The Morgan fingerprint density at radius 3 is 2.05 bits per heavy atom. The standard InChI is InChI=1S/C30H21B5N2P/c1-3-11-21(12-4-1)36-38(33-31-34(38)35(33)38)28-20-10-17-25-29(28)23-15-9-19-27-30(23)32(25)24-16-7-8-18-26(24)37(27)22-13-5-2-6-14-22/h1-20,36H/q-1. The summed E-state index contributed by atoms with van der Waals surface area (Å²) in [7, 11) is 2.63. The number of anilines is 4. The molecule has 0 aliphatic carbocycles. The van der Waals surface area contributed by atoms with Gasteiger partial charge in [0.2, 0.25) is 0 Å². The van der Waals surface area contributed by atoms with E-state index in [2.05, 4.69) is 138 Å². The van der Waals surface area contributed by atoms with Crippen LogP contribution in [0.4, 0.5) is 22.7 Å². The molecule has 8 heteroatoms. The molecule has 4 saturated heterocycles. The van der Waals surface area contributed by atoms with Crippen molar-refractivity contribution in [2.75, 3.05) is 9.99 Å². The summed E-state index contributed by atoms with van der Waals surface area (Å²) in [6.07, 6.45) is 0.219. The maximum absolute atomic E-state index is 4.26. The Kier molecular flexibility index (Phi) is 3.51. The van der Waals surface area contributed by atoms with Gasteiger partial charge in [-0.15, -0.1) is 0 Å². The van der Waals surface area contributed by atoms with Crippen molar-refractivity contribution >= 4 is 83.2 Å². The summed E-state index contributed by atoms with van der Waals surface area (Å²) < 4.78 is 0. The molecule has 4 fully saturated rings. The SMILES string of the molecule is [B-]1B2B3B1P23(Nc1ccccc1)c1cccc2c1-c1cccc3c1B2c1ccccc1N3c1ccccc1.